The normalized spacial score (nSPS) is 18.7. The predicted molar refractivity (Wildman–Crippen MR) is 87.8 cm³/mol. The Morgan fingerprint density at radius 2 is 1.84 bits per heavy atom. The van der Waals surface area contributed by atoms with Gasteiger partial charge in [0, 0.05) is 7.05 Å². The highest BCUT2D eigenvalue weighted by molar-refractivity contribution is 5.89. The number of hydrogen-bond acceptors (Lipinski definition) is 5. The van der Waals surface area contributed by atoms with Crippen LogP contribution in [0.1, 0.15) is 28.8 Å². The summed E-state index contributed by atoms with van der Waals surface area (Å²) in [6.45, 7) is 3.49. The van der Waals surface area contributed by atoms with Crippen molar-refractivity contribution in [1.82, 2.24) is 4.90 Å². The third kappa shape index (κ3) is 3.31. The van der Waals surface area contributed by atoms with Gasteiger partial charge in [0.2, 0.25) is 6.10 Å². The third-order valence-corrected chi connectivity index (χ3v) is 4.05. The number of benzene rings is 1. The highest BCUT2D eigenvalue weighted by Gasteiger charge is 2.36. The molecule has 7 heteroatoms. The number of carboxylic acids is 1. The maximum Gasteiger partial charge on any atom is 0.339 e. The monoisotopic (exact) mass is 345 g/mol. The van der Waals surface area contributed by atoms with Gasteiger partial charge in [-0.3, -0.25) is 4.79 Å². The van der Waals surface area contributed by atoms with E-state index in [-0.39, 0.29) is 18.0 Å². The number of likely N-dealkylation sites (N-methyl/N-ethyl adjacent to an activating group) is 1. The fourth-order valence-electron chi connectivity index (χ4n) is 2.75. The Hall–Kier alpha value is -2.96. The van der Waals surface area contributed by atoms with Crippen molar-refractivity contribution in [1.29, 1.82) is 0 Å². The second kappa shape index (κ2) is 6.51. The molecule has 0 spiro atoms. The smallest absolute Gasteiger partial charge is 0.339 e. The summed E-state index contributed by atoms with van der Waals surface area (Å²) in [7, 11) is 1.61. The van der Waals surface area contributed by atoms with Crippen molar-refractivity contribution in [2.24, 2.45) is 0 Å². The number of aryl methyl sites for hydroxylation is 1. The number of aromatic carboxylic acids is 1. The van der Waals surface area contributed by atoms with Crippen LogP contribution in [0, 0.1) is 6.92 Å². The van der Waals surface area contributed by atoms with Gasteiger partial charge in [0.15, 0.2) is 11.5 Å². The molecule has 1 N–H and O–H groups in total. The molecule has 2 aromatic rings. The maximum atomic E-state index is 12.7. The van der Waals surface area contributed by atoms with Crippen LogP contribution in [0.4, 0.5) is 0 Å². The molecule has 1 aromatic heterocycles. The number of nitrogens with zero attached hydrogens (tertiary/aromatic N) is 1. The van der Waals surface area contributed by atoms with Crippen molar-refractivity contribution in [2.45, 2.75) is 32.6 Å². The molecule has 25 heavy (non-hydrogen) atoms. The van der Waals surface area contributed by atoms with Crippen LogP contribution in [-0.2, 0) is 11.3 Å². The van der Waals surface area contributed by atoms with E-state index in [1.54, 1.807) is 33.0 Å². The number of carboxylic acid groups (broad SMARTS) is 1. The van der Waals surface area contributed by atoms with Gasteiger partial charge in [0.05, 0.1) is 6.54 Å². The molecule has 1 aromatic carbocycles. The van der Waals surface area contributed by atoms with Gasteiger partial charge in [-0.25, -0.2) is 4.79 Å². The van der Waals surface area contributed by atoms with E-state index in [0.29, 0.717) is 23.0 Å². The van der Waals surface area contributed by atoms with Gasteiger partial charge in [-0.1, -0.05) is 12.1 Å². The van der Waals surface area contributed by atoms with Gasteiger partial charge in [-0.2, -0.15) is 0 Å². The average molecular weight is 345 g/mol. The zero-order valence-electron chi connectivity index (χ0n) is 14.2. The molecule has 1 aliphatic heterocycles. The molecule has 2 heterocycles. The van der Waals surface area contributed by atoms with Crippen LogP contribution >= 0.6 is 0 Å². The van der Waals surface area contributed by atoms with Crippen molar-refractivity contribution in [3.05, 3.63) is 47.4 Å². The summed E-state index contributed by atoms with van der Waals surface area (Å²) in [5.74, 6) is 0.505. The zero-order valence-corrected chi connectivity index (χ0v) is 14.2. The molecule has 1 amide bonds. The Bertz CT molecular complexity index is 812. The van der Waals surface area contributed by atoms with Crippen LogP contribution in [0.2, 0.25) is 0 Å². The van der Waals surface area contributed by atoms with E-state index in [1.807, 2.05) is 12.1 Å². The van der Waals surface area contributed by atoms with E-state index in [1.165, 1.54) is 11.0 Å². The Balaban J connectivity index is 1.72. The van der Waals surface area contributed by atoms with Crippen LogP contribution < -0.4 is 9.47 Å². The lowest BCUT2D eigenvalue weighted by Gasteiger charge is -2.33. The molecule has 132 valence electrons. The van der Waals surface area contributed by atoms with Gasteiger partial charge in [-0.05, 0) is 32.0 Å². The molecular formula is C18H19NO6. The van der Waals surface area contributed by atoms with Crippen molar-refractivity contribution in [2.75, 3.05) is 7.05 Å². The van der Waals surface area contributed by atoms with E-state index in [0.717, 1.165) is 0 Å². The number of furan rings is 1. The first-order chi connectivity index (χ1) is 11.9. The van der Waals surface area contributed by atoms with Gasteiger partial charge < -0.3 is 23.9 Å². The molecule has 2 unspecified atom stereocenters. The van der Waals surface area contributed by atoms with E-state index < -0.39 is 18.2 Å². The number of hydrogen-bond donors (Lipinski definition) is 1. The largest absolute Gasteiger partial charge is 0.482 e. The Morgan fingerprint density at radius 3 is 2.44 bits per heavy atom. The summed E-state index contributed by atoms with van der Waals surface area (Å²) in [5, 5.41) is 9.08. The fraction of sp³-hybridized carbons (Fsp3) is 0.333. The second-order valence-electron chi connectivity index (χ2n) is 5.99. The minimum atomic E-state index is -1.06. The lowest BCUT2D eigenvalue weighted by atomic mass is 10.1. The van der Waals surface area contributed by atoms with Gasteiger partial charge in [0.1, 0.15) is 23.2 Å². The molecule has 0 fully saturated rings. The third-order valence-electron chi connectivity index (χ3n) is 4.05. The average Bonchev–Trinajstić information content (AvgIpc) is 2.94. The summed E-state index contributed by atoms with van der Waals surface area (Å²) < 4.78 is 17.0. The van der Waals surface area contributed by atoms with Gasteiger partial charge in [-0.15, -0.1) is 0 Å². The predicted octanol–water partition coefficient (Wildman–Crippen LogP) is 2.47. The highest BCUT2D eigenvalue weighted by Crippen LogP contribution is 2.34. The maximum absolute atomic E-state index is 12.7. The summed E-state index contributed by atoms with van der Waals surface area (Å²) >= 11 is 0. The van der Waals surface area contributed by atoms with Crippen molar-refractivity contribution < 1.29 is 28.6 Å². The molecule has 1 aliphatic rings. The van der Waals surface area contributed by atoms with Gasteiger partial charge >= 0.3 is 5.97 Å². The number of carbonyl (C=O) groups is 2. The van der Waals surface area contributed by atoms with E-state index in [9.17, 15) is 9.59 Å². The van der Waals surface area contributed by atoms with Crippen LogP contribution in [0.3, 0.4) is 0 Å². The van der Waals surface area contributed by atoms with Crippen LogP contribution in [0.15, 0.2) is 34.7 Å². The number of carbonyl (C=O) groups excluding carboxylic acids is 1. The van der Waals surface area contributed by atoms with Crippen molar-refractivity contribution in [3.63, 3.8) is 0 Å². The quantitative estimate of drug-likeness (QED) is 0.916. The highest BCUT2D eigenvalue weighted by atomic mass is 16.6. The summed E-state index contributed by atoms with van der Waals surface area (Å²) in [6.07, 6.45) is -1.23. The van der Waals surface area contributed by atoms with Crippen LogP contribution in [0.25, 0.3) is 0 Å². The molecule has 3 rings (SSSR count). The first-order valence-electron chi connectivity index (χ1n) is 7.86. The summed E-state index contributed by atoms with van der Waals surface area (Å²) in [6, 6.07) is 8.61. The molecule has 0 radical (unpaired) electrons. The molecule has 0 aliphatic carbocycles. The minimum absolute atomic E-state index is 0.0930. The van der Waals surface area contributed by atoms with E-state index in [2.05, 4.69) is 0 Å². The fourth-order valence-corrected chi connectivity index (χ4v) is 2.75. The molecule has 2 atom stereocenters. The molecule has 0 saturated carbocycles. The molecule has 7 nitrogen and oxygen atoms in total. The Labute approximate surface area is 144 Å². The number of para-hydroxylation sites is 2. The van der Waals surface area contributed by atoms with Gasteiger partial charge in [0.25, 0.3) is 5.91 Å². The number of amides is 1. The van der Waals surface area contributed by atoms with Crippen LogP contribution in [-0.4, -0.2) is 41.1 Å². The number of ether oxygens (including phenoxy) is 2. The van der Waals surface area contributed by atoms with Crippen molar-refractivity contribution >= 4 is 11.9 Å². The Morgan fingerprint density at radius 1 is 1.20 bits per heavy atom. The zero-order chi connectivity index (χ0) is 18.1. The Kier molecular flexibility index (Phi) is 4.39. The molecule has 0 bridgehead atoms. The SMILES string of the molecule is Cc1oc(CN(C)C(=O)C2Oc3ccccc3OC2C)cc1C(=O)O. The van der Waals surface area contributed by atoms with Crippen LogP contribution in [0.5, 0.6) is 11.5 Å². The summed E-state index contributed by atoms with van der Waals surface area (Å²) in [4.78, 5) is 25.2. The molecular weight excluding hydrogens is 326 g/mol. The van der Waals surface area contributed by atoms with Crippen molar-refractivity contribution in [3.8, 4) is 11.5 Å². The first-order valence-corrected chi connectivity index (χ1v) is 7.86. The number of fused-ring (bicyclic) bond motifs is 1. The lowest BCUT2D eigenvalue weighted by Crippen LogP contribution is -2.49. The topological polar surface area (TPSA) is 89.2 Å². The first kappa shape index (κ1) is 16.9. The lowest BCUT2D eigenvalue weighted by molar-refractivity contribution is -0.143. The van der Waals surface area contributed by atoms with E-state index in [4.69, 9.17) is 19.0 Å². The summed E-state index contributed by atoms with van der Waals surface area (Å²) in [5.41, 5.74) is 0.0930. The van der Waals surface area contributed by atoms with E-state index >= 15 is 0 Å². The second-order valence-corrected chi connectivity index (χ2v) is 5.99. The number of rotatable bonds is 4. The minimum Gasteiger partial charge on any atom is -0.482 e. The molecule has 0 saturated heterocycles. The standard InChI is InChI=1S/C18H19NO6/c1-10-13(18(21)22)8-12(23-10)9-19(3)17(20)16-11(2)24-14-6-4-5-7-15(14)25-16/h4-8,11,16H,9H2,1-3H3,(H,21,22).